The third kappa shape index (κ3) is 4.06. The number of hydrogen-bond acceptors (Lipinski definition) is 3. The maximum Gasteiger partial charge on any atom is 0.250 e. The van der Waals surface area contributed by atoms with Crippen LogP contribution in [0, 0.1) is 0 Å². The molecule has 1 fully saturated rings. The second-order valence-corrected chi connectivity index (χ2v) is 6.62. The predicted molar refractivity (Wildman–Crippen MR) is 97.5 cm³/mol. The summed E-state index contributed by atoms with van der Waals surface area (Å²) in [6.07, 6.45) is 5.50. The van der Waals surface area contributed by atoms with E-state index in [-0.39, 0.29) is 5.56 Å². The second kappa shape index (κ2) is 7.67. The van der Waals surface area contributed by atoms with Crippen LogP contribution in [-0.4, -0.2) is 35.2 Å². The van der Waals surface area contributed by atoms with Gasteiger partial charge >= 0.3 is 0 Å². The molecule has 3 rings (SSSR count). The standard InChI is InChI=1S/C20H26N2O2/c1-16-5-3-11-22(16)12-4-14-24-19-8-6-17(7-9-19)18-10-13-21(2)20(23)15-18/h6-10,13,15-16H,3-5,11-12,14H2,1-2H3/t16-/m0/s1. The molecule has 0 spiro atoms. The van der Waals surface area contributed by atoms with Crippen LogP contribution in [0.25, 0.3) is 11.1 Å². The van der Waals surface area contributed by atoms with Crippen molar-refractivity contribution in [1.29, 1.82) is 0 Å². The summed E-state index contributed by atoms with van der Waals surface area (Å²) >= 11 is 0. The second-order valence-electron chi connectivity index (χ2n) is 6.62. The van der Waals surface area contributed by atoms with E-state index in [0.717, 1.165) is 42.5 Å². The van der Waals surface area contributed by atoms with Crippen molar-refractivity contribution in [2.45, 2.75) is 32.2 Å². The molecule has 1 aromatic carbocycles. The Bertz CT molecular complexity index is 721. The maximum atomic E-state index is 11.7. The van der Waals surface area contributed by atoms with Crippen molar-refractivity contribution in [3.05, 3.63) is 52.9 Å². The molecular formula is C20H26N2O2. The lowest BCUT2D eigenvalue weighted by molar-refractivity contribution is 0.230. The minimum absolute atomic E-state index is 0.00367. The number of nitrogens with zero attached hydrogens (tertiary/aromatic N) is 2. The van der Waals surface area contributed by atoms with Gasteiger partial charge in [0, 0.05) is 31.9 Å². The van der Waals surface area contributed by atoms with E-state index in [4.69, 9.17) is 4.74 Å². The summed E-state index contributed by atoms with van der Waals surface area (Å²) in [6, 6.07) is 12.3. The summed E-state index contributed by atoms with van der Waals surface area (Å²) in [5.41, 5.74) is 1.97. The van der Waals surface area contributed by atoms with E-state index < -0.39 is 0 Å². The first-order valence-corrected chi connectivity index (χ1v) is 8.77. The lowest BCUT2D eigenvalue weighted by Crippen LogP contribution is -2.28. The van der Waals surface area contributed by atoms with E-state index in [0.29, 0.717) is 0 Å². The van der Waals surface area contributed by atoms with Gasteiger partial charge < -0.3 is 14.2 Å². The highest BCUT2D eigenvalue weighted by molar-refractivity contribution is 5.63. The SMILES string of the molecule is C[C@H]1CCCN1CCCOc1ccc(-c2ccn(C)c(=O)c2)cc1. The molecular weight excluding hydrogens is 300 g/mol. The molecule has 4 nitrogen and oxygen atoms in total. The van der Waals surface area contributed by atoms with E-state index in [1.807, 2.05) is 30.3 Å². The van der Waals surface area contributed by atoms with E-state index in [1.165, 1.54) is 19.4 Å². The van der Waals surface area contributed by atoms with Crippen LogP contribution in [0.1, 0.15) is 26.2 Å². The van der Waals surface area contributed by atoms with Gasteiger partial charge in [0.05, 0.1) is 6.61 Å². The van der Waals surface area contributed by atoms with Gasteiger partial charge in [-0.25, -0.2) is 0 Å². The molecule has 128 valence electrons. The molecule has 0 radical (unpaired) electrons. The van der Waals surface area contributed by atoms with Crippen LogP contribution in [0.5, 0.6) is 5.75 Å². The van der Waals surface area contributed by atoms with Crippen LogP contribution >= 0.6 is 0 Å². The van der Waals surface area contributed by atoms with Crippen molar-refractivity contribution in [1.82, 2.24) is 9.47 Å². The van der Waals surface area contributed by atoms with Crippen LogP contribution < -0.4 is 10.3 Å². The molecule has 4 heteroatoms. The Morgan fingerprint density at radius 3 is 2.62 bits per heavy atom. The number of aromatic nitrogens is 1. The highest BCUT2D eigenvalue weighted by Crippen LogP contribution is 2.21. The fourth-order valence-corrected chi connectivity index (χ4v) is 3.25. The molecule has 0 aliphatic carbocycles. The Kier molecular flexibility index (Phi) is 5.36. The lowest BCUT2D eigenvalue weighted by Gasteiger charge is -2.20. The zero-order chi connectivity index (χ0) is 16.9. The normalized spacial score (nSPS) is 18.0. The molecule has 0 amide bonds. The Morgan fingerprint density at radius 1 is 1.17 bits per heavy atom. The van der Waals surface area contributed by atoms with Gasteiger partial charge in [-0.05, 0) is 62.1 Å². The Morgan fingerprint density at radius 2 is 1.96 bits per heavy atom. The summed E-state index contributed by atoms with van der Waals surface area (Å²) in [7, 11) is 1.76. The monoisotopic (exact) mass is 326 g/mol. The quantitative estimate of drug-likeness (QED) is 0.764. The number of aryl methyl sites for hydroxylation is 1. The van der Waals surface area contributed by atoms with Gasteiger partial charge in [-0.15, -0.1) is 0 Å². The topological polar surface area (TPSA) is 34.5 Å². The fraction of sp³-hybridized carbons (Fsp3) is 0.450. The summed E-state index contributed by atoms with van der Waals surface area (Å²) < 4.78 is 7.41. The van der Waals surface area contributed by atoms with Crippen molar-refractivity contribution >= 4 is 0 Å². The first-order chi connectivity index (χ1) is 11.6. The average Bonchev–Trinajstić information content (AvgIpc) is 3.00. The minimum atomic E-state index is 0.00367. The molecule has 0 unspecified atom stereocenters. The van der Waals surface area contributed by atoms with Gasteiger partial charge in [0.1, 0.15) is 5.75 Å². The van der Waals surface area contributed by atoms with Gasteiger partial charge in [-0.1, -0.05) is 12.1 Å². The Balaban J connectivity index is 1.51. The number of pyridine rings is 1. The molecule has 2 heterocycles. The van der Waals surface area contributed by atoms with Crippen LogP contribution in [-0.2, 0) is 7.05 Å². The highest BCUT2D eigenvalue weighted by Gasteiger charge is 2.18. The maximum absolute atomic E-state index is 11.7. The third-order valence-electron chi connectivity index (χ3n) is 4.84. The van der Waals surface area contributed by atoms with Crippen LogP contribution in [0.3, 0.4) is 0 Å². The Hall–Kier alpha value is -2.07. The third-order valence-corrected chi connectivity index (χ3v) is 4.84. The van der Waals surface area contributed by atoms with Crippen molar-refractivity contribution in [2.24, 2.45) is 7.05 Å². The summed E-state index contributed by atoms with van der Waals surface area (Å²) in [5.74, 6) is 0.886. The molecule has 1 aliphatic rings. The van der Waals surface area contributed by atoms with Crippen LogP contribution in [0.15, 0.2) is 47.4 Å². The number of ether oxygens (including phenoxy) is 1. The van der Waals surface area contributed by atoms with Crippen molar-refractivity contribution in [2.75, 3.05) is 19.7 Å². The van der Waals surface area contributed by atoms with Crippen molar-refractivity contribution in [3.63, 3.8) is 0 Å². The van der Waals surface area contributed by atoms with E-state index in [1.54, 1.807) is 23.9 Å². The highest BCUT2D eigenvalue weighted by atomic mass is 16.5. The molecule has 2 aromatic rings. The molecule has 1 saturated heterocycles. The van der Waals surface area contributed by atoms with Crippen LogP contribution in [0.2, 0.25) is 0 Å². The van der Waals surface area contributed by atoms with Gasteiger partial charge in [0.15, 0.2) is 0 Å². The van der Waals surface area contributed by atoms with E-state index >= 15 is 0 Å². The smallest absolute Gasteiger partial charge is 0.250 e. The van der Waals surface area contributed by atoms with Gasteiger partial charge in [0.25, 0.3) is 5.56 Å². The number of hydrogen-bond donors (Lipinski definition) is 0. The summed E-state index contributed by atoms with van der Waals surface area (Å²) in [5, 5.41) is 0. The molecule has 1 aliphatic heterocycles. The predicted octanol–water partition coefficient (Wildman–Crippen LogP) is 3.31. The zero-order valence-electron chi connectivity index (χ0n) is 14.6. The summed E-state index contributed by atoms with van der Waals surface area (Å²) in [4.78, 5) is 14.3. The first kappa shape index (κ1) is 16.8. The lowest BCUT2D eigenvalue weighted by atomic mass is 10.1. The van der Waals surface area contributed by atoms with Crippen molar-refractivity contribution in [3.8, 4) is 16.9 Å². The number of rotatable bonds is 6. The zero-order valence-corrected chi connectivity index (χ0v) is 14.6. The largest absolute Gasteiger partial charge is 0.494 e. The van der Waals surface area contributed by atoms with E-state index in [2.05, 4.69) is 11.8 Å². The van der Waals surface area contributed by atoms with E-state index in [9.17, 15) is 4.79 Å². The minimum Gasteiger partial charge on any atom is -0.494 e. The molecule has 0 bridgehead atoms. The van der Waals surface area contributed by atoms with Crippen molar-refractivity contribution < 1.29 is 4.74 Å². The molecule has 0 saturated carbocycles. The summed E-state index contributed by atoms with van der Waals surface area (Å²) in [6.45, 7) is 5.40. The van der Waals surface area contributed by atoms with Gasteiger partial charge in [0.2, 0.25) is 0 Å². The van der Waals surface area contributed by atoms with Gasteiger partial charge in [-0.3, -0.25) is 4.79 Å². The molecule has 1 aromatic heterocycles. The number of benzene rings is 1. The molecule has 1 atom stereocenters. The molecule has 0 N–H and O–H groups in total. The Labute approximate surface area is 143 Å². The fourth-order valence-electron chi connectivity index (χ4n) is 3.25. The van der Waals surface area contributed by atoms with Crippen LogP contribution in [0.4, 0.5) is 0 Å². The first-order valence-electron chi connectivity index (χ1n) is 8.77. The molecule has 24 heavy (non-hydrogen) atoms. The average molecular weight is 326 g/mol. The number of likely N-dealkylation sites (tertiary alicyclic amines) is 1. The van der Waals surface area contributed by atoms with Gasteiger partial charge in [-0.2, -0.15) is 0 Å².